The molecule has 4 atom stereocenters. The fourth-order valence-electron chi connectivity index (χ4n) is 3.46. The van der Waals surface area contributed by atoms with Crippen molar-refractivity contribution in [1.29, 1.82) is 0 Å². The molecule has 0 aromatic heterocycles. The largest absolute Gasteiger partial charge is 0.316 e. The molecule has 0 bridgehead atoms. The van der Waals surface area contributed by atoms with E-state index in [1.165, 1.54) is 24.8 Å². The van der Waals surface area contributed by atoms with E-state index >= 15 is 0 Å². The maximum atomic E-state index is 4.45. The summed E-state index contributed by atoms with van der Waals surface area (Å²) in [5, 5.41) is 3.44. The normalized spacial score (nSPS) is 18.4. The van der Waals surface area contributed by atoms with Gasteiger partial charge >= 0.3 is 0 Å². The Morgan fingerprint density at radius 2 is 1.56 bits per heavy atom. The molecule has 0 saturated heterocycles. The molecule has 108 valence electrons. The van der Waals surface area contributed by atoms with Gasteiger partial charge in [0, 0.05) is 6.04 Å². The Hall–Kier alpha value is -0.300. The van der Waals surface area contributed by atoms with Gasteiger partial charge in [-0.15, -0.1) is 0 Å². The monoisotopic (exact) mass is 253 g/mol. The van der Waals surface area contributed by atoms with E-state index in [1.54, 1.807) is 0 Å². The second kappa shape index (κ2) is 8.74. The van der Waals surface area contributed by atoms with Crippen LogP contribution < -0.4 is 5.32 Å². The molecule has 0 aliphatic carbocycles. The van der Waals surface area contributed by atoms with Crippen LogP contribution in [0.1, 0.15) is 60.8 Å². The van der Waals surface area contributed by atoms with E-state index in [-0.39, 0.29) is 0 Å². The van der Waals surface area contributed by atoms with Crippen LogP contribution in [-0.2, 0) is 0 Å². The van der Waals surface area contributed by atoms with Crippen molar-refractivity contribution < 1.29 is 0 Å². The first kappa shape index (κ1) is 17.7. The fourth-order valence-corrected chi connectivity index (χ4v) is 3.46. The summed E-state index contributed by atoms with van der Waals surface area (Å²) in [6, 6.07) is 0.566. The van der Waals surface area contributed by atoms with Crippen LogP contribution in [0.5, 0.6) is 0 Å². The highest BCUT2D eigenvalue weighted by atomic mass is 14.9. The van der Waals surface area contributed by atoms with Crippen LogP contribution in [0, 0.1) is 23.7 Å². The van der Waals surface area contributed by atoms with Crippen molar-refractivity contribution in [3.63, 3.8) is 0 Å². The summed E-state index contributed by atoms with van der Waals surface area (Å²) in [6.07, 6.45) is 3.66. The molecule has 1 heteroatoms. The standard InChI is InChI=1S/C17H35N/c1-9-15(12(4)5)16(10-2)13(6)14(7)17(11-3)18-8/h12,14-18H,6,9-11H2,1-5,7-8H3/t14-,15?,16-,17?/m1/s1. The quantitative estimate of drug-likeness (QED) is 0.577. The predicted molar refractivity (Wildman–Crippen MR) is 83.8 cm³/mol. The van der Waals surface area contributed by atoms with E-state index in [0.717, 1.165) is 11.8 Å². The van der Waals surface area contributed by atoms with E-state index < -0.39 is 0 Å². The van der Waals surface area contributed by atoms with Gasteiger partial charge in [0.15, 0.2) is 0 Å². The summed E-state index contributed by atoms with van der Waals surface area (Å²) in [5.74, 6) is 2.77. The van der Waals surface area contributed by atoms with Gasteiger partial charge in [-0.25, -0.2) is 0 Å². The lowest BCUT2D eigenvalue weighted by molar-refractivity contribution is 0.247. The minimum atomic E-state index is 0.566. The van der Waals surface area contributed by atoms with Crippen LogP contribution in [0.4, 0.5) is 0 Å². The van der Waals surface area contributed by atoms with E-state index in [0.29, 0.717) is 17.9 Å². The average Bonchev–Trinajstić information content (AvgIpc) is 2.35. The van der Waals surface area contributed by atoms with Gasteiger partial charge in [0.2, 0.25) is 0 Å². The Labute approximate surface area is 115 Å². The maximum absolute atomic E-state index is 4.45. The summed E-state index contributed by atoms with van der Waals surface area (Å²) in [4.78, 5) is 0. The number of rotatable bonds is 9. The second-order valence-corrected chi connectivity index (χ2v) is 6.00. The van der Waals surface area contributed by atoms with Crippen LogP contribution in [0.3, 0.4) is 0 Å². The lowest BCUT2D eigenvalue weighted by Gasteiger charge is -2.35. The van der Waals surface area contributed by atoms with Crippen molar-refractivity contribution in [2.75, 3.05) is 7.05 Å². The van der Waals surface area contributed by atoms with Crippen LogP contribution >= 0.6 is 0 Å². The predicted octanol–water partition coefficient (Wildman–Crippen LogP) is 4.89. The summed E-state index contributed by atoms with van der Waals surface area (Å²) in [7, 11) is 2.07. The smallest absolute Gasteiger partial charge is 0.0124 e. The summed E-state index contributed by atoms with van der Waals surface area (Å²) >= 11 is 0. The van der Waals surface area contributed by atoms with Gasteiger partial charge in [0.1, 0.15) is 0 Å². The third kappa shape index (κ3) is 4.42. The second-order valence-electron chi connectivity index (χ2n) is 6.00. The molecular weight excluding hydrogens is 218 g/mol. The first-order valence-corrected chi connectivity index (χ1v) is 7.80. The Morgan fingerprint density at radius 1 is 1.00 bits per heavy atom. The molecule has 2 unspecified atom stereocenters. The molecule has 1 nitrogen and oxygen atoms in total. The number of hydrogen-bond donors (Lipinski definition) is 1. The highest BCUT2D eigenvalue weighted by molar-refractivity contribution is 5.09. The van der Waals surface area contributed by atoms with Gasteiger partial charge in [-0.3, -0.25) is 0 Å². The minimum Gasteiger partial charge on any atom is -0.316 e. The summed E-state index contributed by atoms with van der Waals surface area (Å²) in [6.45, 7) is 18.4. The van der Waals surface area contributed by atoms with Crippen molar-refractivity contribution in [2.24, 2.45) is 23.7 Å². The summed E-state index contributed by atoms with van der Waals surface area (Å²) < 4.78 is 0. The molecule has 0 fully saturated rings. The number of nitrogens with one attached hydrogen (secondary N) is 1. The van der Waals surface area contributed by atoms with Gasteiger partial charge in [-0.05, 0) is 43.6 Å². The minimum absolute atomic E-state index is 0.566. The third-order valence-corrected chi connectivity index (χ3v) is 4.76. The van der Waals surface area contributed by atoms with Crippen LogP contribution in [0.2, 0.25) is 0 Å². The topological polar surface area (TPSA) is 12.0 Å². The van der Waals surface area contributed by atoms with Crippen LogP contribution in [-0.4, -0.2) is 13.1 Å². The first-order chi connectivity index (χ1) is 8.44. The zero-order valence-electron chi connectivity index (χ0n) is 13.7. The molecule has 0 aromatic carbocycles. The van der Waals surface area contributed by atoms with Crippen molar-refractivity contribution in [2.45, 2.75) is 66.8 Å². The average molecular weight is 253 g/mol. The molecule has 0 aliphatic rings. The molecule has 1 N–H and O–H groups in total. The van der Waals surface area contributed by atoms with Crippen molar-refractivity contribution in [3.8, 4) is 0 Å². The lowest BCUT2D eigenvalue weighted by Crippen LogP contribution is -2.35. The Balaban J connectivity index is 4.89. The van der Waals surface area contributed by atoms with Crippen LogP contribution in [0.15, 0.2) is 12.2 Å². The fraction of sp³-hybridized carbons (Fsp3) is 0.882. The summed E-state index contributed by atoms with van der Waals surface area (Å²) in [5.41, 5.74) is 1.46. The molecule has 0 saturated carbocycles. The molecule has 0 aromatic rings. The molecule has 0 spiro atoms. The van der Waals surface area contributed by atoms with E-state index in [9.17, 15) is 0 Å². The van der Waals surface area contributed by atoms with Crippen molar-refractivity contribution >= 4 is 0 Å². The Kier molecular flexibility index (Phi) is 8.60. The van der Waals surface area contributed by atoms with E-state index in [2.05, 4.69) is 60.5 Å². The van der Waals surface area contributed by atoms with E-state index in [1.807, 2.05) is 0 Å². The third-order valence-electron chi connectivity index (χ3n) is 4.76. The van der Waals surface area contributed by atoms with Crippen LogP contribution in [0.25, 0.3) is 0 Å². The molecular formula is C17H35N. The zero-order chi connectivity index (χ0) is 14.3. The van der Waals surface area contributed by atoms with E-state index in [4.69, 9.17) is 0 Å². The zero-order valence-corrected chi connectivity index (χ0v) is 13.7. The maximum Gasteiger partial charge on any atom is 0.0124 e. The van der Waals surface area contributed by atoms with Gasteiger partial charge in [0.25, 0.3) is 0 Å². The first-order valence-electron chi connectivity index (χ1n) is 7.80. The van der Waals surface area contributed by atoms with Crippen molar-refractivity contribution in [1.82, 2.24) is 5.32 Å². The number of hydrogen-bond acceptors (Lipinski definition) is 1. The van der Waals surface area contributed by atoms with Gasteiger partial charge in [0.05, 0.1) is 0 Å². The lowest BCUT2D eigenvalue weighted by atomic mass is 9.72. The Morgan fingerprint density at radius 3 is 1.83 bits per heavy atom. The Bertz CT molecular complexity index is 228. The van der Waals surface area contributed by atoms with Gasteiger partial charge in [-0.2, -0.15) is 0 Å². The molecule has 18 heavy (non-hydrogen) atoms. The van der Waals surface area contributed by atoms with Gasteiger partial charge in [-0.1, -0.05) is 60.1 Å². The van der Waals surface area contributed by atoms with Crippen molar-refractivity contribution in [3.05, 3.63) is 12.2 Å². The highest BCUT2D eigenvalue weighted by Crippen LogP contribution is 2.36. The van der Waals surface area contributed by atoms with Gasteiger partial charge < -0.3 is 5.32 Å². The molecule has 0 radical (unpaired) electrons. The molecule has 0 rings (SSSR count). The highest BCUT2D eigenvalue weighted by Gasteiger charge is 2.28. The SMILES string of the molecule is C=C([C@@H](C)C(CC)NC)[C@@H](CC)C(CC)C(C)C. The molecule has 0 aliphatic heterocycles. The molecule has 0 heterocycles. The molecule has 0 amide bonds.